The standard InChI is InChI=1S/C14H16ClN3/c1-3-14(2,16)13-17-8-11(9-18-13)10-5-4-6-12(15)7-10/h4-9H,3,16H2,1-2H3. The fourth-order valence-electron chi connectivity index (χ4n) is 1.60. The first kappa shape index (κ1) is 13.0. The number of halogens is 1. The lowest BCUT2D eigenvalue weighted by Crippen LogP contribution is -2.34. The van der Waals surface area contributed by atoms with Crippen LogP contribution in [0.25, 0.3) is 11.1 Å². The zero-order valence-electron chi connectivity index (χ0n) is 10.5. The molecule has 0 amide bonds. The Kier molecular flexibility index (Phi) is 3.64. The summed E-state index contributed by atoms with van der Waals surface area (Å²) in [5, 5.41) is 0.703. The predicted octanol–water partition coefficient (Wildman–Crippen LogP) is 3.38. The van der Waals surface area contributed by atoms with Crippen molar-refractivity contribution in [1.82, 2.24) is 9.97 Å². The van der Waals surface area contributed by atoms with Gasteiger partial charge in [-0.1, -0.05) is 30.7 Å². The maximum atomic E-state index is 6.10. The van der Waals surface area contributed by atoms with E-state index in [9.17, 15) is 0 Å². The summed E-state index contributed by atoms with van der Waals surface area (Å²) in [6.45, 7) is 3.95. The summed E-state index contributed by atoms with van der Waals surface area (Å²) in [6.07, 6.45) is 4.37. The lowest BCUT2D eigenvalue weighted by molar-refractivity contribution is 0.445. The zero-order valence-corrected chi connectivity index (χ0v) is 11.3. The molecule has 1 aromatic heterocycles. The average Bonchev–Trinajstić information content (AvgIpc) is 2.39. The van der Waals surface area contributed by atoms with Gasteiger partial charge in [0.1, 0.15) is 5.82 Å². The Labute approximate surface area is 112 Å². The van der Waals surface area contributed by atoms with Crippen LogP contribution in [0.4, 0.5) is 0 Å². The van der Waals surface area contributed by atoms with Gasteiger partial charge in [0, 0.05) is 23.0 Å². The minimum Gasteiger partial charge on any atom is -0.319 e. The first-order chi connectivity index (χ1) is 8.53. The van der Waals surface area contributed by atoms with Crippen molar-refractivity contribution in [2.24, 2.45) is 5.73 Å². The molecule has 0 radical (unpaired) electrons. The quantitative estimate of drug-likeness (QED) is 0.922. The Hall–Kier alpha value is -1.45. The van der Waals surface area contributed by atoms with Gasteiger partial charge in [0.25, 0.3) is 0 Å². The van der Waals surface area contributed by atoms with Gasteiger partial charge in [-0.15, -0.1) is 0 Å². The second kappa shape index (κ2) is 5.04. The molecule has 1 atom stereocenters. The van der Waals surface area contributed by atoms with Crippen molar-refractivity contribution >= 4 is 11.6 Å². The summed E-state index contributed by atoms with van der Waals surface area (Å²) in [5.41, 5.74) is 7.57. The van der Waals surface area contributed by atoms with E-state index in [1.165, 1.54) is 0 Å². The summed E-state index contributed by atoms with van der Waals surface area (Å²) in [6, 6.07) is 7.62. The molecule has 1 unspecified atom stereocenters. The summed E-state index contributed by atoms with van der Waals surface area (Å²) in [4.78, 5) is 8.70. The number of nitrogens with two attached hydrogens (primary N) is 1. The number of rotatable bonds is 3. The van der Waals surface area contributed by atoms with Crippen LogP contribution in [0.5, 0.6) is 0 Å². The molecule has 1 aromatic carbocycles. The fraction of sp³-hybridized carbons (Fsp3) is 0.286. The van der Waals surface area contributed by atoms with Gasteiger partial charge >= 0.3 is 0 Å². The van der Waals surface area contributed by atoms with E-state index in [0.717, 1.165) is 17.5 Å². The van der Waals surface area contributed by atoms with E-state index in [0.29, 0.717) is 10.8 Å². The number of nitrogens with zero attached hydrogens (tertiary/aromatic N) is 2. The number of hydrogen-bond acceptors (Lipinski definition) is 3. The third kappa shape index (κ3) is 2.68. The van der Waals surface area contributed by atoms with Crippen molar-refractivity contribution in [2.45, 2.75) is 25.8 Å². The molecule has 0 aliphatic carbocycles. The molecule has 0 fully saturated rings. The molecule has 0 aliphatic heterocycles. The molecule has 0 saturated carbocycles. The second-order valence-corrected chi connectivity index (χ2v) is 5.01. The molecule has 2 N–H and O–H groups in total. The maximum Gasteiger partial charge on any atom is 0.147 e. The highest BCUT2D eigenvalue weighted by Gasteiger charge is 2.21. The van der Waals surface area contributed by atoms with E-state index in [4.69, 9.17) is 17.3 Å². The second-order valence-electron chi connectivity index (χ2n) is 4.58. The Morgan fingerprint density at radius 2 is 1.89 bits per heavy atom. The maximum absolute atomic E-state index is 6.10. The average molecular weight is 262 g/mol. The van der Waals surface area contributed by atoms with Crippen LogP contribution in [0, 0.1) is 0 Å². The van der Waals surface area contributed by atoms with Gasteiger partial charge in [-0.25, -0.2) is 9.97 Å². The van der Waals surface area contributed by atoms with Crippen molar-refractivity contribution in [3.8, 4) is 11.1 Å². The minimum absolute atomic E-state index is 0.479. The monoisotopic (exact) mass is 261 g/mol. The van der Waals surface area contributed by atoms with Crippen molar-refractivity contribution in [2.75, 3.05) is 0 Å². The highest BCUT2D eigenvalue weighted by Crippen LogP contribution is 2.23. The summed E-state index contributed by atoms with van der Waals surface area (Å²) >= 11 is 5.96. The highest BCUT2D eigenvalue weighted by molar-refractivity contribution is 6.30. The Balaban J connectivity index is 2.33. The van der Waals surface area contributed by atoms with Crippen LogP contribution >= 0.6 is 11.6 Å². The van der Waals surface area contributed by atoms with Crippen LogP contribution in [0.15, 0.2) is 36.7 Å². The van der Waals surface area contributed by atoms with E-state index >= 15 is 0 Å². The Morgan fingerprint density at radius 1 is 1.22 bits per heavy atom. The molecule has 0 bridgehead atoms. The fourth-order valence-corrected chi connectivity index (χ4v) is 1.79. The zero-order chi connectivity index (χ0) is 13.2. The van der Waals surface area contributed by atoms with Crippen molar-refractivity contribution in [3.63, 3.8) is 0 Å². The van der Waals surface area contributed by atoms with E-state index in [-0.39, 0.29) is 0 Å². The highest BCUT2D eigenvalue weighted by atomic mass is 35.5. The van der Waals surface area contributed by atoms with Gasteiger partial charge in [-0.3, -0.25) is 0 Å². The molecule has 2 rings (SSSR count). The summed E-state index contributed by atoms with van der Waals surface area (Å²) < 4.78 is 0. The van der Waals surface area contributed by atoms with Crippen molar-refractivity contribution in [3.05, 3.63) is 47.5 Å². The number of benzene rings is 1. The molecule has 0 aliphatic rings. The first-order valence-corrected chi connectivity index (χ1v) is 6.28. The van der Waals surface area contributed by atoms with Crippen LogP contribution in [0.3, 0.4) is 0 Å². The van der Waals surface area contributed by atoms with Gasteiger partial charge in [0.05, 0.1) is 5.54 Å². The van der Waals surface area contributed by atoms with E-state index < -0.39 is 5.54 Å². The molecular formula is C14H16ClN3. The van der Waals surface area contributed by atoms with Crippen molar-refractivity contribution < 1.29 is 0 Å². The van der Waals surface area contributed by atoms with Crippen LogP contribution in [-0.2, 0) is 5.54 Å². The van der Waals surface area contributed by atoms with Gasteiger partial charge in [0.2, 0.25) is 0 Å². The predicted molar refractivity (Wildman–Crippen MR) is 74.3 cm³/mol. The Morgan fingerprint density at radius 3 is 2.44 bits per heavy atom. The Bertz CT molecular complexity index is 535. The molecule has 3 nitrogen and oxygen atoms in total. The minimum atomic E-state index is -0.479. The van der Waals surface area contributed by atoms with Crippen molar-refractivity contribution in [1.29, 1.82) is 0 Å². The lowest BCUT2D eigenvalue weighted by atomic mass is 9.99. The molecule has 1 heterocycles. The van der Waals surface area contributed by atoms with Gasteiger partial charge in [-0.2, -0.15) is 0 Å². The molecule has 0 spiro atoms. The number of hydrogen-bond donors (Lipinski definition) is 1. The van der Waals surface area contributed by atoms with E-state index in [2.05, 4.69) is 9.97 Å². The van der Waals surface area contributed by atoms with E-state index in [1.807, 2.05) is 38.1 Å². The normalized spacial score (nSPS) is 14.2. The van der Waals surface area contributed by atoms with Crippen LogP contribution in [0.1, 0.15) is 26.1 Å². The lowest BCUT2D eigenvalue weighted by Gasteiger charge is -2.20. The molecule has 4 heteroatoms. The van der Waals surface area contributed by atoms with E-state index in [1.54, 1.807) is 12.4 Å². The SMILES string of the molecule is CCC(C)(N)c1ncc(-c2cccc(Cl)c2)cn1. The molecule has 18 heavy (non-hydrogen) atoms. The van der Waals surface area contributed by atoms with Gasteiger partial charge < -0.3 is 5.73 Å². The third-order valence-corrected chi connectivity index (χ3v) is 3.29. The summed E-state index contributed by atoms with van der Waals surface area (Å²) in [7, 11) is 0. The van der Waals surface area contributed by atoms with Crippen LogP contribution in [-0.4, -0.2) is 9.97 Å². The smallest absolute Gasteiger partial charge is 0.147 e. The largest absolute Gasteiger partial charge is 0.319 e. The molecule has 94 valence electrons. The van der Waals surface area contributed by atoms with Crippen LogP contribution < -0.4 is 5.73 Å². The number of aromatic nitrogens is 2. The third-order valence-electron chi connectivity index (χ3n) is 3.06. The van der Waals surface area contributed by atoms with Gasteiger partial charge in [0.15, 0.2) is 0 Å². The van der Waals surface area contributed by atoms with Crippen LogP contribution in [0.2, 0.25) is 5.02 Å². The summed E-state index contributed by atoms with van der Waals surface area (Å²) in [5.74, 6) is 0.663. The molecular weight excluding hydrogens is 246 g/mol. The first-order valence-electron chi connectivity index (χ1n) is 5.90. The van der Waals surface area contributed by atoms with Gasteiger partial charge in [-0.05, 0) is 31.0 Å². The molecule has 2 aromatic rings. The topological polar surface area (TPSA) is 51.8 Å². The molecule has 0 saturated heterocycles.